The lowest BCUT2D eigenvalue weighted by molar-refractivity contribution is 0.106. The van der Waals surface area contributed by atoms with Gasteiger partial charge in [0.25, 0.3) is 0 Å². The van der Waals surface area contributed by atoms with Gasteiger partial charge in [-0.05, 0) is 39.5 Å². The van der Waals surface area contributed by atoms with Crippen LogP contribution in [-0.4, -0.2) is 36.7 Å². The Morgan fingerprint density at radius 1 is 1.20 bits per heavy atom. The number of piperidine rings is 1. The summed E-state index contributed by atoms with van der Waals surface area (Å²) in [5.74, 6) is 0. The average Bonchev–Trinajstić information content (AvgIpc) is 2.35. The van der Waals surface area contributed by atoms with E-state index in [1.54, 1.807) is 0 Å². The highest BCUT2D eigenvalue weighted by Gasteiger charge is 2.44. The number of rotatable bonds is 2. The van der Waals surface area contributed by atoms with Crippen molar-refractivity contribution in [2.24, 2.45) is 5.14 Å². The first-order valence-corrected chi connectivity index (χ1v) is 7.29. The number of hydrogen-bond acceptors (Lipinski definition) is 3. The van der Waals surface area contributed by atoms with Crippen LogP contribution in [0.4, 0.5) is 0 Å². The molecule has 2 aliphatic heterocycles. The quantitative estimate of drug-likeness (QED) is 0.761. The lowest BCUT2D eigenvalue weighted by Crippen LogP contribution is -2.50. The summed E-state index contributed by atoms with van der Waals surface area (Å²) in [5.41, 5.74) is 0. The monoisotopic (exact) mass is 232 g/mol. The standard InChI is InChI=1S/C10H20N2O2S/c1-7(2)12-8-3-4-9(12)6-10(5-8)15(11,13)14/h7-10H,3-6H2,1-2H3,(H2,11,13,14)/t8-,9?,10+/m1/s1. The van der Waals surface area contributed by atoms with Crippen molar-refractivity contribution in [2.45, 2.75) is 62.9 Å². The number of hydrogen-bond donors (Lipinski definition) is 1. The Morgan fingerprint density at radius 3 is 2.00 bits per heavy atom. The lowest BCUT2D eigenvalue weighted by Gasteiger charge is -2.40. The van der Waals surface area contributed by atoms with Crippen molar-refractivity contribution >= 4 is 10.0 Å². The van der Waals surface area contributed by atoms with Gasteiger partial charge in [-0.3, -0.25) is 4.90 Å². The molecule has 2 bridgehead atoms. The van der Waals surface area contributed by atoms with Crippen LogP contribution in [0.15, 0.2) is 0 Å². The molecule has 0 saturated carbocycles. The number of fused-ring (bicyclic) bond motifs is 2. The minimum Gasteiger partial charge on any atom is -0.295 e. The molecule has 88 valence electrons. The largest absolute Gasteiger partial charge is 0.295 e. The summed E-state index contributed by atoms with van der Waals surface area (Å²) in [7, 11) is -3.33. The molecule has 0 aromatic heterocycles. The van der Waals surface area contributed by atoms with Gasteiger partial charge in [-0.25, -0.2) is 13.6 Å². The van der Waals surface area contributed by atoms with E-state index in [1.165, 1.54) is 0 Å². The minimum absolute atomic E-state index is 0.301. The Kier molecular flexibility index (Phi) is 2.81. The van der Waals surface area contributed by atoms with E-state index < -0.39 is 10.0 Å². The molecule has 1 unspecified atom stereocenters. The molecule has 5 heteroatoms. The molecule has 0 aromatic carbocycles. The van der Waals surface area contributed by atoms with E-state index in [0.717, 1.165) is 25.7 Å². The van der Waals surface area contributed by atoms with Crippen LogP contribution in [0, 0.1) is 0 Å². The summed E-state index contributed by atoms with van der Waals surface area (Å²) in [4.78, 5) is 2.47. The zero-order valence-corrected chi connectivity index (χ0v) is 10.2. The first kappa shape index (κ1) is 11.4. The molecule has 2 rings (SSSR count). The first-order valence-electron chi connectivity index (χ1n) is 5.68. The predicted molar refractivity (Wildman–Crippen MR) is 59.9 cm³/mol. The van der Waals surface area contributed by atoms with Gasteiger partial charge in [0, 0.05) is 18.1 Å². The molecule has 3 atom stereocenters. The zero-order chi connectivity index (χ0) is 11.2. The van der Waals surface area contributed by atoms with Crippen molar-refractivity contribution in [3.63, 3.8) is 0 Å². The van der Waals surface area contributed by atoms with Crippen molar-refractivity contribution in [2.75, 3.05) is 0 Å². The van der Waals surface area contributed by atoms with Crippen LogP contribution in [0.3, 0.4) is 0 Å². The molecule has 2 saturated heterocycles. The van der Waals surface area contributed by atoms with Crippen LogP contribution in [0.5, 0.6) is 0 Å². The zero-order valence-electron chi connectivity index (χ0n) is 9.39. The van der Waals surface area contributed by atoms with Gasteiger partial charge in [-0.15, -0.1) is 0 Å². The topological polar surface area (TPSA) is 63.4 Å². The van der Waals surface area contributed by atoms with E-state index in [4.69, 9.17) is 5.14 Å². The molecule has 0 amide bonds. The molecule has 2 N–H and O–H groups in total. The van der Waals surface area contributed by atoms with Gasteiger partial charge in [0.05, 0.1) is 5.25 Å². The van der Waals surface area contributed by atoms with Crippen molar-refractivity contribution in [1.82, 2.24) is 4.90 Å². The van der Waals surface area contributed by atoms with Crippen LogP contribution < -0.4 is 5.14 Å². The van der Waals surface area contributed by atoms with E-state index >= 15 is 0 Å². The predicted octanol–water partition coefficient (Wildman–Crippen LogP) is 0.679. The van der Waals surface area contributed by atoms with Crippen LogP contribution in [-0.2, 0) is 10.0 Å². The Bertz CT molecular complexity index is 325. The van der Waals surface area contributed by atoms with Gasteiger partial charge in [0.15, 0.2) is 0 Å². The Morgan fingerprint density at radius 2 is 1.67 bits per heavy atom. The highest BCUT2D eigenvalue weighted by atomic mass is 32.2. The highest BCUT2D eigenvalue weighted by Crippen LogP contribution is 2.38. The summed E-state index contributed by atoms with van der Waals surface area (Å²) in [5, 5.41) is 4.94. The molecule has 2 heterocycles. The first-order chi connectivity index (χ1) is 6.89. The van der Waals surface area contributed by atoms with E-state index in [-0.39, 0.29) is 5.25 Å². The summed E-state index contributed by atoms with van der Waals surface area (Å²) in [6, 6.07) is 1.39. The molecular weight excluding hydrogens is 212 g/mol. The molecule has 4 nitrogen and oxygen atoms in total. The van der Waals surface area contributed by atoms with Gasteiger partial charge >= 0.3 is 0 Å². The molecule has 2 fully saturated rings. The fourth-order valence-corrected chi connectivity index (χ4v) is 4.26. The van der Waals surface area contributed by atoms with Crippen LogP contribution in [0.25, 0.3) is 0 Å². The Labute approximate surface area is 91.9 Å². The van der Waals surface area contributed by atoms with Crippen LogP contribution >= 0.6 is 0 Å². The lowest BCUT2D eigenvalue weighted by atomic mass is 10.0. The summed E-state index contributed by atoms with van der Waals surface area (Å²) in [6.45, 7) is 4.37. The number of nitrogens with zero attached hydrogens (tertiary/aromatic N) is 1. The summed E-state index contributed by atoms with van der Waals surface area (Å²) < 4.78 is 22.7. The maximum Gasteiger partial charge on any atom is 0.212 e. The number of primary sulfonamides is 1. The van der Waals surface area contributed by atoms with Crippen molar-refractivity contribution < 1.29 is 8.42 Å². The molecule has 15 heavy (non-hydrogen) atoms. The average molecular weight is 232 g/mol. The smallest absolute Gasteiger partial charge is 0.212 e. The maximum atomic E-state index is 11.3. The van der Waals surface area contributed by atoms with Crippen LogP contribution in [0.2, 0.25) is 0 Å². The van der Waals surface area contributed by atoms with Crippen molar-refractivity contribution in [1.29, 1.82) is 0 Å². The fraction of sp³-hybridized carbons (Fsp3) is 1.00. The molecule has 2 aliphatic rings. The second-order valence-corrected chi connectivity index (χ2v) is 6.95. The Hall–Kier alpha value is -0.130. The van der Waals surface area contributed by atoms with Gasteiger partial charge in [-0.1, -0.05) is 0 Å². The maximum absolute atomic E-state index is 11.3. The van der Waals surface area contributed by atoms with Gasteiger partial charge in [-0.2, -0.15) is 0 Å². The van der Waals surface area contributed by atoms with Crippen molar-refractivity contribution in [3.8, 4) is 0 Å². The van der Waals surface area contributed by atoms with Crippen molar-refractivity contribution in [3.05, 3.63) is 0 Å². The third kappa shape index (κ3) is 2.05. The molecule has 0 aromatic rings. The third-order valence-corrected chi connectivity index (χ3v) is 5.12. The second-order valence-electron chi connectivity index (χ2n) is 5.11. The number of sulfonamides is 1. The van der Waals surface area contributed by atoms with Crippen LogP contribution in [0.1, 0.15) is 39.5 Å². The summed E-state index contributed by atoms with van der Waals surface area (Å²) in [6.07, 6.45) is 3.73. The number of nitrogens with two attached hydrogens (primary N) is 1. The van der Waals surface area contributed by atoms with Gasteiger partial charge in [0.2, 0.25) is 10.0 Å². The van der Waals surface area contributed by atoms with E-state index in [0.29, 0.717) is 18.1 Å². The van der Waals surface area contributed by atoms with E-state index in [2.05, 4.69) is 18.7 Å². The fourth-order valence-electron chi connectivity index (χ4n) is 3.27. The molecular formula is C10H20N2O2S. The second kappa shape index (κ2) is 3.71. The Balaban J connectivity index is 2.15. The molecule has 0 radical (unpaired) electrons. The molecule has 0 aliphatic carbocycles. The van der Waals surface area contributed by atoms with E-state index in [1.807, 2.05) is 0 Å². The SMILES string of the molecule is CC(C)N1C2CC[C@@H]1C[C@H](S(N)(=O)=O)C2. The normalized spacial score (nSPS) is 37.5. The van der Waals surface area contributed by atoms with Gasteiger partial charge < -0.3 is 0 Å². The molecule has 0 spiro atoms. The minimum atomic E-state index is -3.33. The highest BCUT2D eigenvalue weighted by molar-refractivity contribution is 7.89. The van der Waals surface area contributed by atoms with E-state index in [9.17, 15) is 8.42 Å². The van der Waals surface area contributed by atoms with Gasteiger partial charge in [0.1, 0.15) is 0 Å². The summed E-state index contributed by atoms with van der Waals surface area (Å²) >= 11 is 0. The third-order valence-electron chi connectivity index (χ3n) is 3.81.